The molecule has 7 atom stereocenters. The molecule has 0 spiro atoms. The van der Waals surface area contributed by atoms with E-state index in [0.717, 1.165) is 198 Å². The van der Waals surface area contributed by atoms with Crippen LogP contribution >= 0.6 is 0 Å². The molecule has 0 unspecified atom stereocenters. The number of carbonyl (C=O) groups is 8. The highest BCUT2D eigenvalue weighted by molar-refractivity contribution is 6.02. The minimum Gasteiger partial charge on any atom is -0.495 e. The average molecular weight is 2000 g/mol. The lowest BCUT2D eigenvalue weighted by Gasteiger charge is -2.35. The summed E-state index contributed by atoms with van der Waals surface area (Å²) in [5.74, 6) is 0.399. The Hall–Kier alpha value is -14.2. The van der Waals surface area contributed by atoms with E-state index in [1.54, 1.807) is 102 Å². The highest BCUT2D eigenvalue weighted by atomic mass is 19.3. The number of Topliss-reactive ketones (excluding diaryl/α,β-unsaturated/α-hetero) is 4. The number of piperidine rings is 4. The molecule has 4 aromatic carbocycles. The lowest BCUT2D eigenvalue weighted by molar-refractivity contribution is -0.148. The summed E-state index contributed by atoms with van der Waals surface area (Å²) in [6.45, 7) is 24.9. The summed E-state index contributed by atoms with van der Waals surface area (Å²) in [6, 6.07) is 33.8. The zero-order valence-corrected chi connectivity index (χ0v) is 88.3. The third kappa shape index (κ3) is 22.8. The maximum Gasteiger partial charge on any atom is 0.256 e. The lowest BCUT2D eigenvalue weighted by atomic mass is 9.83. The van der Waals surface area contributed by atoms with E-state index in [9.17, 15) is 68.2 Å². The highest BCUT2D eigenvalue weighted by Gasteiger charge is 2.43. The van der Waals surface area contributed by atoms with Crippen LogP contribution in [0, 0.1) is 120 Å². The molecule has 148 heavy (non-hydrogen) atoms. The molecule has 3 aliphatic carbocycles. The van der Waals surface area contributed by atoms with Crippen LogP contribution in [0.15, 0.2) is 141 Å². The second-order valence-corrected chi connectivity index (χ2v) is 43.3. The van der Waals surface area contributed by atoms with Gasteiger partial charge in [-0.15, -0.1) is 0 Å². The number of aromatic nitrogens is 8. The molecule has 8 aromatic heterocycles. The van der Waals surface area contributed by atoms with E-state index in [4.69, 9.17) is 19.7 Å². The van der Waals surface area contributed by atoms with Crippen LogP contribution in [0.25, 0.3) is 44.1 Å². The molecule has 4 amide bonds. The summed E-state index contributed by atoms with van der Waals surface area (Å²) in [5.41, 5.74) is 20.2. The van der Waals surface area contributed by atoms with Crippen molar-refractivity contribution in [3.8, 4) is 30.0 Å². The highest BCUT2D eigenvalue weighted by Crippen LogP contribution is 2.46. The van der Waals surface area contributed by atoms with E-state index in [0.29, 0.717) is 135 Å². The van der Waals surface area contributed by atoms with Gasteiger partial charge in [0, 0.05) is 224 Å². The summed E-state index contributed by atoms with van der Waals surface area (Å²) in [5, 5.41) is 41.3. The fourth-order valence-electron chi connectivity index (χ4n) is 24.6. The van der Waals surface area contributed by atoms with Crippen molar-refractivity contribution >= 4 is 90.9 Å². The number of amides is 4. The van der Waals surface area contributed by atoms with Crippen LogP contribution in [-0.4, -0.2) is 170 Å². The number of alkyl halides is 2. The maximum atomic E-state index is 13.7. The Balaban J connectivity index is 0.000000141. The Morgan fingerprint density at radius 2 is 0.682 bits per heavy atom. The van der Waals surface area contributed by atoms with E-state index in [1.165, 1.54) is 69.2 Å². The van der Waals surface area contributed by atoms with E-state index in [2.05, 4.69) is 125 Å². The van der Waals surface area contributed by atoms with Gasteiger partial charge >= 0.3 is 0 Å². The third-order valence-corrected chi connectivity index (χ3v) is 33.7. The molecule has 0 radical (unpaired) electrons. The second-order valence-electron chi connectivity index (χ2n) is 43.3. The molecule has 7 aliphatic rings. The van der Waals surface area contributed by atoms with Crippen molar-refractivity contribution in [2.24, 2.45) is 75.5 Å². The van der Waals surface area contributed by atoms with Crippen molar-refractivity contribution in [1.29, 1.82) is 21.0 Å². The zero-order valence-electron chi connectivity index (χ0n) is 88.3. The number of aryl methyl sites for hydroxylation is 8. The average Bonchev–Trinajstić information content (AvgIpc) is 1.62. The Kier molecular flexibility index (Phi) is 33.2. The fraction of sp³-hybridized carbons (Fsp3) is 0.471. The van der Waals surface area contributed by atoms with E-state index >= 15 is 0 Å². The summed E-state index contributed by atoms with van der Waals surface area (Å²) < 4.78 is 40.8. The number of hydrogen-bond acceptors (Lipinski definition) is 17. The van der Waals surface area contributed by atoms with Crippen molar-refractivity contribution in [2.45, 2.75) is 234 Å². The van der Waals surface area contributed by atoms with Gasteiger partial charge in [0.05, 0.1) is 53.5 Å². The predicted molar refractivity (Wildman–Crippen MR) is 568 cm³/mol. The smallest absolute Gasteiger partial charge is 0.256 e. The number of nitriles is 4. The fourth-order valence-corrected chi connectivity index (χ4v) is 24.6. The van der Waals surface area contributed by atoms with Crippen molar-refractivity contribution in [1.82, 2.24) is 57.8 Å². The van der Waals surface area contributed by atoms with Gasteiger partial charge in [-0.05, 0) is 293 Å². The number of fused-ring (bicyclic) bond motifs is 4. The van der Waals surface area contributed by atoms with Crippen LogP contribution in [0.3, 0.4) is 0 Å². The largest absolute Gasteiger partial charge is 0.495 e. The first-order valence-electron chi connectivity index (χ1n) is 53.0. The van der Waals surface area contributed by atoms with Crippen molar-refractivity contribution in [2.75, 3.05) is 59.5 Å². The number of likely N-dealkylation sites (tertiary alicyclic amines) is 4. The van der Waals surface area contributed by atoms with Gasteiger partial charge in [0.2, 0.25) is 23.6 Å². The molecule has 0 bridgehead atoms. The molecular weight excluding hydrogens is 1860 g/mol. The standard InChI is InChI=1S/C32H38N4O2.2C30H34N4O2.C29H32F2N4O3/c1-20(2)26-9-6-10-27(26)32(38)36-13-11-23(12-14-36)28-19-35(4)31-30(28)21(3)25(18-34-31)16-29(37)24-8-5-7-22(15-24)17-33;2*1-19-6-4-9-25(19)30(36)34-12-10-22(11-13-34)26-18-33(3)29-28(26)20(2)24(17-32-29)15-27(35)23-8-5-7-21(14-23)16-31;1-17-22(13-24(36)20-6-7-25(38-5)21(12-20)14-32)15-33-27-26(17)23(16-34(27)4)19-8-10-35(11-9-19)28(37)18(2)29(3,30)31/h5,7-8,15,18-20,23,26-27H,6,9-14,16H2,1-4H3;2*5,7-8,14,17-19,22,25H,4,6,9-13,15H2,1-3H3;6-7,12,15-16,18-19H,8-11,13H2,1-5H3/t26-,27-;2*19-,25-;18-/m1100/s1. The number of halogens is 2. The molecule has 0 N–H and O–H groups in total. The van der Waals surface area contributed by atoms with Crippen LogP contribution in [0.5, 0.6) is 5.75 Å². The van der Waals surface area contributed by atoms with Gasteiger partial charge in [-0.2, -0.15) is 21.0 Å². The quantitative estimate of drug-likeness (QED) is 0.0537. The van der Waals surface area contributed by atoms with E-state index in [1.807, 2.05) is 64.5 Å². The molecule has 25 nitrogen and oxygen atoms in total. The number of rotatable bonds is 23. The number of methoxy groups -OCH3 is 1. The molecule has 7 fully saturated rings. The minimum absolute atomic E-state index is 0.0118. The van der Waals surface area contributed by atoms with Gasteiger partial charge in [0.1, 0.15) is 34.4 Å². The van der Waals surface area contributed by atoms with Gasteiger partial charge < -0.3 is 42.6 Å². The summed E-state index contributed by atoms with van der Waals surface area (Å²) in [4.78, 5) is 131. The Labute approximate surface area is 867 Å². The number of ether oxygens (including phenoxy) is 1. The molecule has 3 saturated carbocycles. The van der Waals surface area contributed by atoms with Crippen LogP contribution < -0.4 is 4.74 Å². The van der Waals surface area contributed by atoms with Gasteiger partial charge in [-0.3, -0.25) is 38.4 Å². The van der Waals surface area contributed by atoms with Crippen LogP contribution in [0.4, 0.5) is 8.78 Å². The number of carbonyl (C=O) groups excluding carboxylic acids is 8. The minimum atomic E-state index is -3.05. The number of hydrogen-bond donors (Lipinski definition) is 0. The third-order valence-electron chi connectivity index (χ3n) is 33.7. The van der Waals surface area contributed by atoms with E-state index < -0.39 is 17.7 Å². The molecule has 4 aliphatic heterocycles. The van der Waals surface area contributed by atoms with Gasteiger partial charge in [-0.1, -0.05) is 83.4 Å². The number of nitrogens with zero attached hydrogens (tertiary/aromatic N) is 16. The van der Waals surface area contributed by atoms with Gasteiger partial charge in [-0.25, -0.2) is 28.7 Å². The second kappa shape index (κ2) is 46.1. The molecule has 4 saturated heterocycles. The first-order valence-corrected chi connectivity index (χ1v) is 53.0. The first-order chi connectivity index (χ1) is 71.0. The molecular formula is C121H138F2N16O9. The van der Waals surface area contributed by atoms with Crippen molar-refractivity contribution < 1.29 is 51.9 Å². The zero-order chi connectivity index (χ0) is 106. The topological polar surface area (TPSA) is 325 Å². The maximum absolute atomic E-state index is 13.7. The SMILES string of the molecule is COc1ccc(C(=O)Cc2cnc3c(c(C4CCN(C(=O)[C@H](C)C(C)(F)F)CC4)cn3C)c2C)cc1C#N.Cc1c(CC(=O)c2cccc(C#N)c2)cnc2c1c(C1CCN(C(=O)[C@@H]3CCC[C@@H]3C(C)C)CC1)cn2C.Cc1c(CC(=O)c2cccc(C#N)c2)cnc2c1c(C1CCN(C(=O)[C@@H]3CCC[C@H]3C)CC1)cn2C.Cc1c(CC(=O)c2cccc(C#N)c2)cnc2c1c(C1CCN(C(=O)[C@H]3CCC[C@@H]3C)CC1)cn2C. The molecule has 12 heterocycles. The summed E-state index contributed by atoms with van der Waals surface area (Å²) >= 11 is 0. The monoisotopic (exact) mass is 2000 g/mol. The van der Waals surface area contributed by atoms with Crippen LogP contribution in [0.1, 0.15) is 305 Å². The van der Waals surface area contributed by atoms with Gasteiger partial charge in [0.15, 0.2) is 23.1 Å². The Morgan fingerprint density at radius 3 is 0.959 bits per heavy atom. The lowest BCUT2D eigenvalue weighted by Crippen LogP contribution is -2.45. The Bertz CT molecular complexity index is 7040. The number of ketones is 4. The van der Waals surface area contributed by atoms with E-state index in [-0.39, 0.29) is 72.5 Å². The summed E-state index contributed by atoms with van der Waals surface area (Å²) in [6.07, 6.45) is 33.9. The molecule has 770 valence electrons. The summed E-state index contributed by atoms with van der Waals surface area (Å²) in [7, 11) is 9.48. The van der Waals surface area contributed by atoms with Crippen molar-refractivity contribution in [3.63, 3.8) is 0 Å². The predicted octanol–water partition coefficient (Wildman–Crippen LogP) is 21.8. The number of pyridine rings is 4. The molecule has 12 aromatic rings. The van der Waals surface area contributed by atoms with Crippen LogP contribution in [-0.2, 0) is 73.1 Å². The van der Waals surface area contributed by atoms with Crippen molar-refractivity contribution in [3.05, 3.63) is 252 Å². The first kappa shape index (κ1) is 107. The Morgan fingerprint density at radius 1 is 0.392 bits per heavy atom. The normalized spacial score (nSPS) is 19.1. The molecule has 19 rings (SSSR count). The molecule has 27 heteroatoms. The van der Waals surface area contributed by atoms with Gasteiger partial charge in [0.25, 0.3) is 5.92 Å². The van der Waals surface area contributed by atoms with Crippen LogP contribution in [0.2, 0.25) is 0 Å². The number of benzene rings is 4.